The monoisotopic (exact) mass is 590 g/mol. The molecule has 0 bridgehead atoms. The Morgan fingerprint density at radius 1 is 0.837 bits per heavy atom. The molecule has 0 aliphatic rings. The van der Waals surface area contributed by atoms with Gasteiger partial charge in [-0.05, 0) is 61.5 Å². The van der Waals surface area contributed by atoms with Crippen LogP contribution in [-0.4, -0.2) is 35.1 Å². The van der Waals surface area contributed by atoms with Crippen molar-refractivity contribution in [1.82, 2.24) is 10.3 Å². The van der Waals surface area contributed by atoms with Crippen molar-refractivity contribution in [2.45, 2.75) is 17.1 Å². The third-order valence-corrected chi connectivity index (χ3v) is 7.65. The van der Waals surface area contributed by atoms with E-state index in [1.807, 2.05) is 55.5 Å². The Balaban J connectivity index is 1.32. The van der Waals surface area contributed by atoms with Crippen LogP contribution in [0.2, 0.25) is 0 Å². The average Bonchev–Trinajstić information content (AvgIpc) is 3.44. The van der Waals surface area contributed by atoms with E-state index in [1.165, 1.54) is 11.8 Å². The first-order valence-electron chi connectivity index (χ1n) is 13.6. The summed E-state index contributed by atoms with van der Waals surface area (Å²) in [5.41, 5.74) is 3.35. The van der Waals surface area contributed by atoms with Crippen LogP contribution in [0.1, 0.15) is 22.8 Å². The molecule has 0 aliphatic heterocycles. The van der Waals surface area contributed by atoms with Gasteiger partial charge in [-0.2, -0.15) is 0 Å². The molecule has 5 aromatic rings. The number of rotatable bonds is 10. The number of thioether (sulfide) groups is 1. The number of H-pyrrole nitrogens is 1. The molecule has 0 saturated heterocycles. The Morgan fingerprint density at radius 2 is 1.56 bits per heavy atom. The van der Waals surface area contributed by atoms with Crippen LogP contribution in [0.4, 0.5) is 11.4 Å². The molecule has 1 atom stereocenters. The SMILES string of the molecule is COc1cccc(NC(=O)C(C)Sc2cccc(NC(=O)/C(=C/c3c[nH]c4ccccc34)NC(=O)c3ccccc3)c2)c1. The highest BCUT2D eigenvalue weighted by atomic mass is 32.2. The normalized spacial score (nSPS) is 11.9. The second kappa shape index (κ2) is 13.6. The van der Waals surface area contributed by atoms with E-state index in [0.717, 1.165) is 21.4 Å². The largest absolute Gasteiger partial charge is 0.497 e. The number of carbonyl (C=O) groups excluding carboxylic acids is 3. The minimum Gasteiger partial charge on any atom is -0.497 e. The molecule has 4 N–H and O–H groups in total. The predicted molar refractivity (Wildman–Crippen MR) is 172 cm³/mol. The molecule has 0 fully saturated rings. The van der Waals surface area contributed by atoms with E-state index in [0.29, 0.717) is 22.7 Å². The molecule has 0 spiro atoms. The Morgan fingerprint density at radius 3 is 2.35 bits per heavy atom. The first-order chi connectivity index (χ1) is 20.9. The van der Waals surface area contributed by atoms with Crippen LogP contribution < -0.4 is 20.7 Å². The van der Waals surface area contributed by atoms with Gasteiger partial charge in [0.1, 0.15) is 11.4 Å². The molecular weight excluding hydrogens is 560 g/mol. The summed E-state index contributed by atoms with van der Waals surface area (Å²) in [6.45, 7) is 1.81. The molecule has 9 heteroatoms. The fourth-order valence-electron chi connectivity index (χ4n) is 4.36. The lowest BCUT2D eigenvalue weighted by Gasteiger charge is -2.14. The number of fused-ring (bicyclic) bond motifs is 1. The number of para-hydroxylation sites is 1. The maximum atomic E-state index is 13.6. The quantitative estimate of drug-likeness (QED) is 0.107. The van der Waals surface area contributed by atoms with Gasteiger partial charge in [-0.1, -0.05) is 48.5 Å². The van der Waals surface area contributed by atoms with E-state index < -0.39 is 17.1 Å². The first kappa shape index (κ1) is 29.2. The maximum Gasteiger partial charge on any atom is 0.272 e. The van der Waals surface area contributed by atoms with Gasteiger partial charge in [0.15, 0.2) is 0 Å². The number of nitrogens with one attached hydrogen (secondary N) is 4. The van der Waals surface area contributed by atoms with Crippen molar-refractivity contribution in [3.05, 3.63) is 126 Å². The smallest absolute Gasteiger partial charge is 0.272 e. The van der Waals surface area contributed by atoms with Crippen LogP contribution in [0.5, 0.6) is 5.75 Å². The lowest BCUT2D eigenvalue weighted by molar-refractivity contribution is -0.115. The molecule has 8 nitrogen and oxygen atoms in total. The number of hydrogen-bond acceptors (Lipinski definition) is 5. The average molecular weight is 591 g/mol. The van der Waals surface area contributed by atoms with Crippen molar-refractivity contribution in [2.24, 2.45) is 0 Å². The molecule has 1 heterocycles. The highest BCUT2D eigenvalue weighted by Gasteiger charge is 2.18. The summed E-state index contributed by atoms with van der Waals surface area (Å²) in [4.78, 5) is 43.4. The summed E-state index contributed by atoms with van der Waals surface area (Å²) in [5.74, 6) is -0.401. The predicted octanol–water partition coefficient (Wildman–Crippen LogP) is 6.71. The lowest BCUT2D eigenvalue weighted by atomic mass is 10.1. The van der Waals surface area contributed by atoms with Crippen LogP contribution >= 0.6 is 11.8 Å². The highest BCUT2D eigenvalue weighted by molar-refractivity contribution is 8.00. The third kappa shape index (κ3) is 7.52. The number of ether oxygens (including phenoxy) is 1. The summed E-state index contributed by atoms with van der Waals surface area (Å²) in [6, 6.07) is 30.8. The van der Waals surface area contributed by atoms with Crippen LogP contribution in [0, 0.1) is 0 Å². The van der Waals surface area contributed by atoms with Gasteiger partial charge in [-0.25, -0.2) is 0 Å². The van der Waals surface area contributed by atoms with Gasteiger partial charge in [-0.15, -0.1) is 11.8 Å². The van der Waals surface area contributed by atoms with Crippen LogP contribution in [0.25, 0.3) is 17.0 Å². The van der Waals surface area contributed by atoms with E-state index >= 15 is 0 Å². The Bertz CT molecular complexity index is 1800. The van der Waals surface area contributed by atoms with E-state index in [2.05, 4.69) is 20.9 Å². The first-order valence-corrected chi connectivity index (χ1v) is 14.4. The van der Waals surface area contributed by atoms with E-state index in [9.17, 15) is 14.4 Å². The van der Waals surface area contributed by atoms with Gasteiger partial charge in [0.25, 0.3) is 11.8 Å². The molecule has 0 aliphatic carbocycles. The molecular formula is C34H30N4O4S. The second-order valence-corrected chi connectivity index (χ2v) is 11.0. The second-order valence-electron chi connectivity index (χ2n) is 9.63. The zero-order valence-electron chi connectivity index (χ0n) is 23.6. The number of aromatic nitrogens is 1. The molecule has 1 aromatic heterocycles. The molecule has 0 saturated carbocycles. The highest BCUT2D eigenvalue weighted by Crippen LogP contribution is 2.28. The van der Waals surface area contributed by atoms with Crippen LogP contribution in [0.15, 0.2) is 120 Å². The zero-order valence-corrected chi connectivity index (χ0v) is 24.4. The number of carbonyl (C=O) groups is 3. The number of benzene rings is 4. The van der Waals surface area contributed by atoms with Gasteiger partial charge < -0.3 is 25.7 Å². The fraction of sp³-hybridized carbons (Fsp3) is 0.0882. The number of aromatic amines is 1. The summed E-state index contributed by atoms with van der Waals surface area (Å²) in [5, 5.41) is 9.08. The number of methoxy groups -OCH3 is 1. The van der Waals surface area contributed by atoms with Crippen molar-refractivity contribution < 1.29 is 19.1 Å². The van der Waals surface area contributed by atoms with Gasteiger partial charge in [0.05, 0.1) is 12.4 Å². The van der Waals surface area contributed by atoms with Crippen molar-refractivity contribution in [2.75, 3.05) is 17.7 Å². The van der Waals surface area contributed by atoms with E-state index in [1.54, 1.807) is 74.0 Å². The van der Waals surface area contributed by atoms with E-state index in [-0.39, 0.29) is 11.6 Å². The Labute approximate surface area is 253 Å². The number of hydrogen-bond donors (Lipinski definition) is 4. The molecule has 0 radical (unpaired) electrons. The molecule has 43 heavy (non-hydrogen) atoms. The zero-order chi connectivity index (χ0) is 30.2. The number of anilines is 2. The van der Waals surface area contributed by atoms with Gasteiger partial charge >= 0.3 is 0 Å². The number of amides is 3. The van der Waals surface area contributed by atoms with Crippen molar-refractivity contribution in [3.63, 3.8) is 0 Å². The van der Waals surface area contributed by atoms with Crippen molar-refractivity contribution in [1.29, 1.82) is 0 Å². The topological polar surface area (TPSA) is 112 Å². The molecule has 5 rings (SSSR count). The van der Waals surface area contributed by atoms with Crippen molar-refractivity contribution in [3.8, 4) is 5.75 Å². The van der Waals surface area contributed by atoms with Crippen LogP contribution in [0.3, 0.4) is 0 Å². The minimum absolute atomic E-state index is 0.0858. The minimum atomic E-state index is -0.486. The summed E-state index contributed by atoms with van der Waals surface area (Å²) in [6.07, 6.45) is 3.44. The van der Waals surface area contributed by atoms with Gasteiger partial charge in [-0.3, -0.25) is 14.4 Å². The molecule has 3 amide bonds. The van der Waals surface area contributed by atoms with Crippen LogP contribution in [-0.2, 0) is 9.59 Å². The summed E-state index contributed by atoms with van der Waals surface area (Å²) < 4.78 is 5.23. The Hall–Kier alpha value is -5.28. The summed E-state index contributed by atoms with van der Waals surface area (Å²) >= 11 is 1.36. The van der Waals surface area contributed by atoms with Crippen molar-refractivity contribution >= 4 is 57.8 Å². The molecule has 4 aromatic carbocycles. The molecule has 1 unspecified atom stereocenters. The van der Waals surface area contributed by atoms with E-state index in [4.69, 9.17) is 4.74 Å². The standard InChI is InChI=1S/C34H30N4O4S/c1-22(32(39)36-25-12-8-14-27(19-25)42-2)43-28-15-9-13-26(20-28)37-34(41)31(38-33(40)23-10-4-3-5-11-23)18-24-21-35-30-17-7-6-16-29(24)30/h3-22,35H,1-2H3,(H,36,39)(H,37,41)(H,38,40)/b31-18-. The Kier molecular flexibility index (Phi) is 9.23. The third-order valence-electron chi connectivity index (χ3n) is 6.56. The lowest BCUT2D eigenvalue weighted by Crippen LogP contribution is -2.30. The van der Waals surface area contributed by atoms with Gasteiger partial charge in [0, 0.05) is 50.6 Å². The van der Waals surface area contributed by atoms with Gasteiger partial charge in [0.2, 0.25) is 5.91 Å². The fourth-order valence-corrected chi connectivity index (χ4v) is 5.29. The summed E-state index contributed by atoms with van der Waals surface area (Å²) in [7, 11) is 1.57. The molecule has 216 valence electrons. The maximum absolute atomic E-state index is 13.6.